The van der Waals surface area contributed by atoms with Crippen LogP contribution in [0.1, 0.15) is 21.5 Å². The highest BCUT2D eigenvalue weighted by Gasteiger charge is 2.14. The third-order valence-corrected chi connectivity index (χ3v) is 4.28. The minimum absolute atomic E-state index is 0.0160. The van der Waals surface area contributed by atoms with Gasteiger partial charge in [-0.05, 0) is 40.9 Å². The zero-order valence-electron chi connectivity index (χ0n) is 9.96. The molecule has 2 aromatic rings. The Balaban J connectivity index is 2.19. The molecular formula is C15H13Br2F. The Hall–Kier alpha value is -0.670. The van der Waals surface area contributed by atoms with Crippen molar-refractivity contribution in [2.24, 2.45) is 0 Å². The minimum atomic E-state index is -0.188. The maximum absolute atomic E-state index is 13.9. The average molecular weight is 372 g/mol. The van der Waals surface area contributed by atoms with Gasteiger partial charge in [0.25, 0.3) is 0 Å². The Labute approximate surface area is 123 Å². The highest BCUT2D eigenvalue weighted by Crippen LogP contribution is 2.31. The van der Waals surface area contributed by atoms with Crippen molar-refractivity contribution in [1.82, 2.24) is 0 Å². The van der Waals surface area contributed by atoms with E-state index in [9.17, 15) is 4.39 Å². The molecular weight excluding hydrogens is 359 g/mol. The first-order valence-corrected chi connectivity index (χ1v) is 7.42. The minimum Gasteiger partial charge on any atom is -0.205 e. The Kier molecular flexibility index (Phi) is 4.57. The average Bonchev–Trinajstić information content (AvgIpc) is 2.35. The van der Waals surface area contributed by atoms with Crippen LogP contribution in [0, 0.1) is 12.7 Å². The molecule has 1 atom stereocenters. The van der Waals surface area contributed by atoms with E-state index in [1.165, 1.54) is 11.1 Å². The van der Waals surface area contributed by atoms with E-state index in [-0.39, 0.29) is 10.6 Å². The fraction of sp³-hybridized carbons (Fsp3) is 0.200. The maximum atomic E-state index is 13.9. The Morgan fingerprint density at radius 2 is 1.78 bits per heavy atom. The van der Waals surface area contributed by atoms with Gasteiger partial charge in [0.2, 0.25) is 0 Å². The van der Waals surface area contributed by atoms with Crippen LogP contribution in [0.5, 0.6) is 0 Å². The van der Waals surface area contributed by atoms with E-state index in [2.05, 4.69) is 63.0 Å². The Bertz CT molecular complexity index is 535. The van der Waals surface area contributed by atoms with Crippen LogP contribution in [-0.2, 0) is 6.42 Å². The molecule has 1 unspecified atom stereocenters. The number of hydrogen-bond donors (Lipinski definition) is 0. The second-order valence-electron chi connectivity index (χ2n) is 4.30. The first-order valence-electron chi connectivity index (χ1n) is 5.71. The number of halogens is 3. The predicted molar refractivity (Wildman–Crippen MR) is 80.7 cm³/mol. The van der Waals surface area contributed by atoms with Gasteiger partial charge in [0, 0.05) is 10.4 Å². The second kappa shape index (κ2) is 5.98. The largest absolute Gasteiger partial charge is 0.205 e. The van der Waals surface area contributed by atoms with E-state index >= 15 is 0 Å². The lowest BCUT2D eigenvalue weighted by Crippen LogP contribution is -1.99. The summed E-state index contributed by atoms with van der Waals surface area (Å²) in [5.41, 5.74) is 3.12. The quantitative estimate of drug-likeness (QED) is 0.618. The number of rotatable bonds is 3. The summed E-state index contributed by atoms with van der Waals surface area (Å²) in [5.74, 6) is -0.188. The zero-order valence-corrected chi connectivity index (χ0v) is 13.1. The van der Waals surface area contributed by atoms with E-state index in [1.807, 2.05) is 12.1 Å². The van der Waals surface area contributed by atoms with Crippen molar-refractivity contribution in [3.05, 3.63) is 69.4 Å². The molecule has 0 bridgehead atoms. The Morgan fingerprint density at radius 3 is 2.44 bits per heavy atom. The smallest absolute Gasteiger partial charge is 0.141 e. The van der Waals surface area contributed by atoms with Crippen molar-refractivity contribution in [1.29, 1.82) is 0 Å². The molecule has 0 nitrogen and oxygen atoms in total. The molecule has 2 rings (SSSR count). The number of benzene rings is 2. The second-order valence-corrected chi connectivity index (χ2v) is 6.26. The van der Waals surface area contributed by atoms with Gasteiger partial charge >= 0.3 is 0 Å². The van der Waals surface area contributed by atoms with Gasteiger partial charge in [0.05, 0.1) is 4.47 Å². The summed E-state index contributed by atoms with van der Waals surface area (Å²) >= 11 is 6.78. The SMILES string of the molecule is Cc1ccc(CC(Br)c2cccc(Br)c2F)cc1. The topological polar surface area (TPSA) is 0 Å². The van der Waals surface area contributed by atoms with Crippen LogP contribution < -0.4 is 0 Å². The van der Waals surface area contributed by atoms with Gasteiger partial charge in [0.15, 0.2) is 0 Å². The van der Waals surface area contributed by atoms with Crippen molar-refractivity contribution in [3.63, 3.8) is 0 Å². The fourth-order valence-electron chi connectivity index (χ4n) is 1.80. The molecule has 0 radical (unpaired) electrons. The molecule has 0 saturated carbocycles. The molecule has 94 valence electrons. The monoisotopic (exact) mass is 370 g/mol. The highest BCUT2D eigenvalue weighted by atomic mass is 79.9. The zero-order chi connectivity index (χ0) is 13.1. The van der Waals surface area contributed by atoms with Crippen molar-refractivity contribution in [2.45, 2.75) is 18.2 Å². The Morgan fingerprint density at radius 1 is 1.11 bits per heavy atom. The number of aryl methyl sites for hydroxylation is 1. The van der Waals surface area contributed by atoms with Gasteiger partial charge < -0.3 is 0 Å². The van der Waals surface area contributed by atoms with Crippen LogP contribution in [0.4, 0.5) is 4.39 Å². The molecule has 0 heterocycles. The van der Waals surface area contributed by atoms with E-state index in [0.29, 0.717) is 10.0 Å². The molecule has 0 saturated heterocycles. The summed E-state index contributed by atoms with van der Waals surface area (Å²) in [6.07, 6.45) is 0.771. The van der Waals surface area contributed by atoms with Gasteiger partial charge in [0.1, 0.15) is 5.82 Å². The number of alkyl halides is 1. The molecule has 0 N–H and O–H groups in total. The highest BCUT2D eigenvalue weighted by molar-refractivity contribution is 9.10. The van der Waals surface area contributed by atoms with Crippen molar-refractivity contribution < 1.29 is 4.39 Å². The standard InChI is InChI=1S/C15H13Br2F/c1-10-5-7-11(8-6-10)9-14(17)12-3-2-4-13(16)15(12)18/h2-8,14H,9H2,1H3. The van der Waals surface area contributed by atoms with Gasteiger partial charge in [-0.1, -0.05) is 57.9 Å². The molecule has 3 heteroatoms. The lowest BCUT2D eigenvalue weighted by atomic mass is 10.0. The predicted octanol–water partition coefficient (Wildman–Crippen LogP) is 5.58. The van der Waals surface area contributed by atoms with Crippen molar-refractivity contribution in [2.75, 3.05) is 0 Å². The molecule has 18 heavy (non-hydrogen) atoms. The van der Waals surface area contributed by atoms with Gasteiger partial charge in [-0.2, -0.15) is 0 Å². The first kappa shape index (κ1) is 13.8. The van der Waals surface area contributed by atoms with Crippen LogP contribution in [-0.4, -0.2) is 0 Å². The summed E-state index contributed by atoms with van der Waals surface area (Å²) in [5, 5.41) is 0. The molecule has 0 aromatic heterocycles. The lowest BCUT2D eigenvalue weighted by Gasteiger charge is -2.12. The van der Waals surface area contributed by atoms with E-state index in [0.717, 1.165) is 6.42 Å². The maximum Gasteiger partial charge on any atom is 0.141 e. The lowest BCUT2D eigenvalue weighted by molar-refractivity contribution is 0.601. The van der Waals surface area contributed by atoms with E-state index in [1.54, 1.807) is 6.07 Å². The van der Waals surface area contributed by atoms with Gasteiger partial charge in [-0.3, -0.25) is 0 Å². The van der Waals surface area contributed by atoms with E-state index < -0.39 is 0 Å². The molecule has 0 spiro atoms. The fourth-order valence-corrected chi connectivity index (χ4v) is 2.91. The molecule has 0 amide bonds. The summed E-state index contributed by atoms with van der Waals surface area (Å²) in [4.78, 5) is -0.0160. The molecule has 0 aliphatic carbocycles. The first-order chi connectivity index (χ1) is 8.58. The van der Waals surface area contributed by atoms with E-state index in [4.69, 9.17) is 0 Å². The third-order valence-electron chi connectivity index (χ3n) is 2.85. The molecule has 2 aromatic carbocycles. The number of hydrogen-bond acceptors (Lipinski definition) is 0. The molecule has 0 aliphatic heterocycles. The van der Waals surface area contributed by atoms with Crippen LogP contribution in [0.2, 0.25) is 0 Å². The van der Waals surface area contributed by atoms with Crippen LogP contribution in [0.25, 0.3) is 0 Å². The molecule has 0 aliphatic rings. The summed E-state index contributed by atoms with van der Waals surface area (Å²) in [6, 6.07) is 13.7. The van der Waals surface area contributed by atoms with Crippen LogP contribution >= 0.6 is 31.9 Å². The van der Waals surface area contributed by atoms with Crippen LogP contribution in [0.15, 0.2) is 46.9 Å². The van der Waals surface area contributed by atoms with Gasteiger partial charge in [-0.25, -0.2) is 4.39 Å². The summed E-state index contributed by atoms with van der Waals surface area (Å²) in [6.45, 7) is 2.06. The summed E-state index contributed by atoms with van der Waals surface area (Å²) in [7, 11) is 0. The van der Waals surface area contributed by atoms with Crippen molar-refractivity contribution >= 4 is 31.9 Å². The van der Waals surface area contributed by atoms with Crippen molar-refractivity contribution in [3.8, 4) is 0 Å². The summed E-state index contributed by atoms with van der Waals surface area (Å²) < 4.78 is 14.4. The third kappa shape index (κ3) is 3.21. The van der Waals surface area contributed by atoms with Crippen LogP contribution in [0.3, 0.4) is 0 Å². The molecule has 0 fully saturated rings. The van der Waals surface area contributed by atoms with Gasteiger partial charge in [-0.15, -0.1) is 0 Å². The normalized spacial score (nSPS) is 12.4.